The number of carbonyl (C=O) groups is 1. The van der Waals surface area contributed by atoms with E-state index in [-0.39, 0.29) is 28.5 Å². The van der Waals surface area contributed by atoms with Gasteiger partial charge in [-0.3, -0.25) is 14.9 Å². The first-order chi connectivity index (χ1) is 13.0. The van der Waals surface area contributed by atoms with Gasteiger partial charge in [0.1, 0.15) is 0 Å². The van der Waals surface area contributed by atoms with E-state index >= 15 is 0 Å². The molecule has 2 aromatic rings. The molecule has 27 heavy (non-hydrogen) atoms. The number of para-hydroxylation sites is 1. The normalized spacial score (nSPS) is 15.1. The lowest BCUT2D eigenvalue weighted by molar-refractivity contribution is -0.385. The second-order valence-electron chi connectivity index (χ2n) is 5.72. The molecule has 2 aromatic carbocycles. The topological polar surface area (TPSA) is 94.3 Å². The molecule has 0 saturated carbocycles. The van der Waals surface area contributed by atoms with Crippen molar-refractivity contribution >= 4 is 29.1 Å². The highest BCUT2D eigenvalue weighted by Crippen LogP contribution is 2.36. The number of nitro benzene ring substituents is 1. The lowest BCUT2D eigenvalue weighted by Crippen LogP contribution is -2.21. The number of hydrogen-bond acceptors (Lipinski definition) is 6. The van der Waals surface area contributed by atoms with Crippen LogP contribution >= 0.6 is 0 Å². The van der Waals surface area contributed by atoms with Gasteiger partial charge in [-0.05, 0) is 31.2 Å². The van der Waals surface area contributed by atoms with Gasteiger partial charge in [0.15, 0.2) is 11.5 Å². The van der Waals surface area contributed by atoms with Gasteiger partial charge in [-0.2, -0.15) is 10.1 Å². The Morgan fingerprint density at radius 2 is 1.74 bits per heavy atom. The van der Waals surface area contributed by atoms with Crippen molar-refractivity contribution in [2.24, 2.45) is 5.10 Å². The Bertz CT molecular complexity index is 967. The number of rotatable bonds is 5. The van der Waals surface area contributed by atoms with E-state index in [9.17, 15) is 14.9 Å². The minimum atomic E-state index is -0.533. The van der Waals surface area contributed by atoms with Crippen LogP contribution in [0.25, 0.3) is 6.08 Å². The highest BCUT2D eigenvalue weighted by molar-refractivity contribution is 6.32. The molecule has 1 aliphatic heterocycles. The number of hydrazone groups is 1. The number of amides is 1. The Hall–Kier alpha value is -3.68. The Morgan fingerprint density at radius 1 is 1.11 bits per heavy atom. The molecule has 0 spiro atoms. The molecule has 8 nitrogen and oxygen atoms in total. The van der Waals surface area contributed by atoms with Gasteiger partial charge >= 0.3 is 0 Å². The zero-order valence-corrected chi connectivity index (χ0v) is 15.0. The van der Waals surface area contributed by atoms with Crippen LogP contribution in [-0.4, -0.2) is 30.8 Å². The maximum atomic E-state index is 12.8. The molecule has 8 heteroatoms. The van der Waals surface area contributed by atoms with Gasteiger partial charge in [0.2, 0.25) is 0 Å². The van der Waals surface area contributed by atoms with E-state index < -0.39 is 4.92 Å². The predicted molar refractivity (Wildman–Crippen MR) is 101 cm³/mol. The number of hydrogen-bond donors (Lipinski definition) is 0. The fourth-order valence-corrected chi connectivity index (χ4v) is 2.74. The maximum Gasteiger partial charge on any atom is 0.280 e. The van der Waals surface area contributed by atoms with Crippen LogP contribution in [0.4, 0.5) is 11.4 Å². The summed E-state index contributed by atoms with van der Waals surface area (Å²) in [4.78, 5) is 23.7. The molecule has 1 amide bonds. The summed E-state index contributed by atoms with van der Waals surface area (Å²) in [5.41, 5.74) is 1.39. The molecule has 0 aliphatic carbocycles. The first-order valence-corrected chi connectivity index (χ1v) is 8.03. The lowest BCUT2D eigenvalue weighted by Gasteiger charge is -2.11. The largest absolute Gasteiger partial charge is 0.493 e. The van der Waals surface area contributed by atoms with E-state index in [2.05, 4.69) is 5.10 Å². The lowest BCUT2D eigenvalue weighted by atomic mass is 10.0. The molecule has 0 saturated heterocycles. The fourth-order valence-electron chi connectivity index (χ4n) is 2.74. The van der Waals surface area contributed by atoms with E-state index in [1.807, 2.05) is 6.07 Å². The minimum absolute atomic E-state index is 0.195. The van der Waals surface area contributed by atoms with Gasteiger partial charge in [-0.15, -0.1) is 0 Å². The van der Waals surface area contributed by atoms with Gasteiger partial charge in [0.25, 0.3) is 11.6 Å². The Kier molecular flexibility index (Phi) is 4.89. The van der Waals surface area contributed by atoms with Crippen molar-refractivity contribution in [3.8, 4) is 11.5 Å². The van der Waals surface area contributed by atoms with Crippen molar-refractivity contribution in [1.29, 1.82) is 0 Å². The maximum absolute atomic E-state index is 12.8. The number of nitrogens with zero attached hydrogens (tertiary/aromatic N) is 3. The minimum Gasteiger partial charge on any atom is -0.493 e. The first kappa shape index (κ1) is 18.1. The van der Waals surface area contributed by atoms with Crippen molar-refractivity contribution < 1.29 is 19.2 Å². The fraction of sp³-hybridized carbons (Fsp3) is 0.158. The van der Waals surface area contributed by atoms with Gasteiger partial charge < -0.3 is 9.47 Å². The molecule has 0 unspecified atom stereocenters. The molecule has 3 rings (SSSR count). The summed E-state index contributed by atoms with van der Waals surface area (Å²) in [6.45, 7) is 1.68. The van der Waals surface area contributed by atoms with Crippen LogP contribution in [0.1, 0.15) is 12.5 Å². The summed E-state index contributed by atoms with van der Waals surface area (Å²) in [5.74, 6) is 0.207. The molecule has 0 fully saturated rings. The number of nitro groups is 1. The van der Waals surface area contributed by atoms with E-state index in [0.717, 1.165) is 0 Å². The van der Waals surface area contributed by atoms with Crippen LogP contribution in [0.3, 0.4) is 0 Å². The third-order valence-electron chi connectivity index (χ3n) is 4.09. The molecular formula is C19H17N3O5. The molecule has 0 bridgehead atoms. The van der Waals surface area contributed by atoms with Crippen molar-refractivity contribution in [2.75, 3.05) is 19.2 Å². The van der Waals surface area contributed by atoms with Crippen LogP contribution < -0.4 is 14.5 Å². The molecular weight excluding hydrogens is 350 g/mol. The molecule has 1 aliphatic rings. The Morgan fingerprint density at radius 3 is 2.33 bits per heavy atom. The van der Waals surface area contributed by atoms with E-state index in [1.165, 1.54) is 37.4 Å². The number of benzene rings is 2. The molecule has 0 radical (unpaired) electrons. The highest BCUT2D eigenvalue weighted by atomic mass is 16.6. The summed E-state index contributed by atoms with van der Waals surface area (Å²) in [6, 6.07) is 11.7. The average Bonchev–Trinajstić information content (AvgIpc) is 2.96. The molecule has 138 valence electrons. The SMILES string of the molecule is COc1cc(/C=C2\C(=O)N(c3ccccc3)N=C2C)c([N+](=O)[O-])cc1OC. The van der Waals surface area contributed by atoms with Crippen LogP contribution in [0.2, 0.25) is 0 Å². The first-order valence-electron chi connectivity index (χ1n) is 8.03. The van der Waals surface area contributed by atoms with Crippen LogP contribution in [0, 0.1) is 10.1 Å². The monoisotopic (exact) mass is 367 g/mol. The smallest absolute Gasteiger partial charge is 0.280 e. The molecule has 0 N–H and O–H groups in total. The summed E-state index contributed by atoms with van der Waals surface area (Å²) in [5, 5.41) is 17.0. The van der Waals surface area contributed by atoms with Crippen molar-refractivity contribution in [3.05, 3.63) is 63.7 Å². The summed E-state index contributed by atoms with van der Waals surface area (Å²) in [6.07, 6.45) is 1.45. The Balaban J connectivity index is 2.08. The average molecular weight is 367 g/mol. The third kappa shape index (κ3) is 3.37. The molecule has 0 atom stereocenters. The van der Waals surface area contributed by atoms with Crippen molar-refractivity contribution in [2.45, 2.75) is 6.92 Å². The quantitative estimate of drug-likeness (QED) is 0.458. The van der Waals surface area contributed by atoms with Gasteiger partial charge in [0, 0.05) is 0 Å². The number of methoxy groups -OCH3 is 2. The standard InChI is InChI=1S/C19H17N3O5/c1-12-15(19(23)21(20-12)14-7-5-4-6-8-14)9-13-10-17(26-2)18(27-3)11-16(13)22(24)25/h4-11H,1-3H3/b15-9-. The predicted octanol–water partition coefficient (Wildman–Crippen LogP) is 3.42. The van der Waals surface area contributed by atoms with Crippen LogP contribution in [0.5, 0.6) is 11.5 Å². The zero-order chi connectivity index (χ0) is 19.6. The van der Waals surface area contributed by atoms with Gasteiger partial charge in [0.05, 0.1) is 47.7 Å². The van der Waals surface area contributed by atoms with E-state index in [4.69, 9.17) is 9.47 Å². The molecule has 1 heterocycles. The summed E-state index contributed by atoms with van der Waals surface area (Å²) < 4.78 is 10.3. The highest BCUT2D eigenvalue weighted by Gasteiger charge is 2.30. The number of ether oxygens (including phenoxy) is 2. The zero-order valence-electron chi connectivity index (χ0n) is 15.0. The molecule has 0 aromatic heterocycles. The van der Waals surface area contributed by atoms with Crippen LogP contribution in [0.15, 0.2) is 53.1 Å². The summed E-state index contributed by atoms with van der Waals surface area (Å²) in [7, 11) is 2.83. The number of anilines is 1. The van der Waals surface area contributed by atoms with E-state index in [0.29, 0.717) is 17.1 Å². The van der Waals surface area contributed by atoms with E-state index in [1.54, 1.807) is 31.2 Å². The van der Waals surface area contributed by atoms with Crippen molar-refractivity contribution in [1.82, 2.24) is 0 Å². The third-order valence-corrected chi connectivity index (χ3v) is 4.09. The van der Waals surface area contributed by atoms with Crippen molar-refractivity contribution in [3.63, 3.8) is 0 Å². The van der Waals surface area contributed by atoms with Gasteiger partial charge in [-0.1, -0.05) is 18.2 Å². The van der Waals surface area contributed by atoms with Gasteiger partial charge in [-0.25, -0.2) is 0 Å². The second kappa shape index (κ2) is 7.28. The Labute approximate surface area is 155 Å². The second-order valence-corrected chi connectivity index (χ2v) is 5.72. The van der Waals surface area contributed by atoms with Crippen LogP contribution in [-0.2, 0) is 4.79 Å². The number of carbonyl (C=O) groups excluding carboxylic acids is 1. The summed E-state index contributed by atoms with van der Waals surface area (Å²) >= 11 is 0.